The van der Waals surface area contributed by atoms with Gasteiger partial charge in [-0.3, -0.25) is 0 Å². The van der Waals surface area contributed by atoms with E-state index in [1.807, 2.05) is 12.2 Å². The molecule has 0 radical (unpaired) electrons. The molecule has 1 saturated carbocycles. The van der Waals surface area contributed by atoms with E-state index in [1.54, 1.807) is 18.1 Å². The van der Waals surface area contributed by atoms with Gasteiger partial charge in [0.2, 0.25) is 0 Å². The van der Waals surface area contributed by atoms with Crippen molar-refractivity contribution < 1.29 is 14.3 Å². The molecule has 0 aromatic rings. The first-order chi connectivity index (χ1) is 8.62. The molecule has 1 fully saturated rings. The molecule has 0 aromatic carbocycles. The quantitative estimate of drug-likeness (QED) is 0.436. The second kappa shape index (κ2) is 5.16. The molecule has 18 heavy (non-hydrogen) atoms. The van der Waals surface area contributed by atoms with Crippen LogP contribution in [0, 0.1) is 0 Å². The van der Waals surface area contributed by atoms with Crippen LogP contribution in [-0.4, -0.2) is 36.7 Å². The molecule has 2 aliphatic rings. The van der Waals surface area contributed by atoms with E-state index in [0.717, 1.165) is 12.8 Å². The lowest BCUT2D eigenvalue weighted by atomic mass is 10.1. The van der Waals surface area contributed by atoms with E-state index < -0.39 is 5.54 Å². The van der Waals surface area contributed by atoms with Crippen molar-refractivity contribution in [3.63, 3.8) is 0 Å². The van der Waals surface area contributed by atoms with E-state index in [1.165, 1.54) is 0 Å². The van der Waals surface area contributed by atoms with E-state index >= 15 is 0 Å². The molecule has 2 rings (SSSR count). The second-order valence-corrected chi connectivity index (χ2v) is 4.72. The van der Waals surface area contributed by atoms with Gasteiger partial charge in [0.05, 0.1) is 6.61 Å². The summed E-state index contributed by atoms with van der Waals surface area (Å²) in [6.07, 6.45) is 6.85. The minimum atomic E-state index is -0.664. The fraction of sp³-hybridized carbons (Fsp3) is 0.462. The zero-order valence-corrected chi connectivity index (χ0v) is 11.1. The van der Waals surface area contributed by atoms with E-state index in [4.69, 9.17) is 21.1 Å². The molecule has 0 N–H and O–H groups in total. The molecular weight excluding hydrogens is 254 g/mol. The molecule has 4 nitrogen and oxygen atoms in total. The molecule has 0 aromatic heterocycles. The number of allylic oxidation sites excluding steroid dienone is 3. The molecule has 1 heterocycles. The van der Waals surface area contributed by atoms with Crippen LogP contribution in [0.25, 0.3) is 0 Å². The summed E-state index contributed by atoms with van der Waals surface area (Å²) < 4.78 is 10.1. The molecule has 0 atom stereocenters. The van der Waals surface area contributed by atoms with Crippen molar-refractivity contribution in [1.82, 2.24) is 4.90 Å². The zero-order valence-electron chi connectivity index (χ0n) is 10.3. The Labute approximate surface area is 111 Å². The van der Waals surface area contributed by atoms with Crippen LogP contribution >= 0.6 is 11.6 Å². The minimum Gasteiger partial charge on any atom is -0.461 e. The van der Waals surface area contributed by atoms with Gasteiger partial charge in [0.15, 0.2) is 0 Å². The predicted molar refractivity (Wildman–Crippen MR) is 68.9 cm³/mol. The van der Waals surface area contributed by atoms with E-state index in [9.17, 15) is 4.79 Å². The third kappa shape index (κ3) is 2.31. The molecular formula is C13H16ClNO3. The first-order valence-electron chi connectivity index (χ1n) is 5.81. The average Bonchev–Trinajstić information content (AvgIpc) is 3.10. The SMILES string of the molecule is C=C1C=CC=C(Cl)N1C1(C(=O)OCCOC)CC1. The Hall–Kier alpha value is -1.26. The van der Waals surface area contributed by atoms with Gasteiger partial charge < -0.3 is 14.4 Å². The number of hydrogen-bond donors (Lipinski definition) is 0. The lowest BCUT2D eigenvalue weighted by Gasteiger charge is -2.33. The molecule has 0 unspecified atom stereocenters. The van der Waals surface area contributed by atoms with E-state index in [-0.39, 0.29) is 12.6 Å². The van der Waals surface area contributed by atoms with Crippen LogP contribution in [0.3, 0.4) is 0 Å². The highest BCUT2D eigenvalue weighted by Gasteiger charge is 2.57. The monoisotopic (exact) mass is 269 g/mol. The van der Waals surface area contributed by atoms with Gasteiger partial charge in [0.25, 0.3) is 0 Å². The Bertz CT molecular complexity index is 424. The Morgan fingerprint density at radius 1 is 1.56 bits per heavy atom. The molecule has 98 valence electrons. The van der Waals surface area contributed by atoms with Gasteiger partial charge in [-0.15, -0.1) is 0 Å². The van der Waals surface area contributed by atoms with Crippen LogP contribution in [0.2, 0.25) is 0 Å². The number of hydrogen-bond acceptors (Lipinski definition) is 4. The van der Waals surface area contributed by atoms with E-state index in [2.05, 4.69) is 6.58 Å². The first-order valence-corrected chi connectivity index (χ1v) is 6.19. The molecule has 5 heteroatoms. The molecule has 0 saturated heterocycles. The highest BCUT2D eigenvalue weighted by atomic mass is 35.5. The third-order valence-corrected chi connectivity index (χ3v) is 3.37. The Balaban J connectivity index is 2.07. The summed E-state index contributed by atoms with van der Waals surface area (Å²) in [4.78, 5) is 13.9. The zero-order chi connectivity index (χ0) is 13.2. The summed E-state index contributed by atoms with van der Waals surface area (Å²) in [5.74, 6) is -0.262. The first kappa shape index (κ1) is 13.2. The summed E-state index contributed by atoms with van der Waals surface area (Å²) in [6, 6.07) is 0. The van der Waals surface area contributed by atoms with Crippen LogP contribution < -0.4 is 0 Å². The van der Waals surface area contributed by atoms with Crippen molar-refractivity contribution >= 4 is 17.6 Å². The number of methoxy groups -OCH3 is 1. The maximum Gasteiger partial charge on any atom is 0.332 e. The van der Waals surface area contributed by atoms with Crippen molar-refractivity contribution in [3.05, 3.63) is 35.7 Å². The van der Waals surface area contributed by atoms with Crippen LogP contribution in [0.5, 0.6) is 0 Å². The van der Waals surface area contributed by atoms with Crippen molar-refractivity contribution in [3.8, 4) is 0 Å². The van der Waals surface area contributed by atoms with Crippen LogP contribution in [0.1, 0.15) is 12.8 Å². The van der Waals surface area contributed by atoms with Crippen molar-refractivity contribution in [2.75, 3.05) is 20.3 Å². The fourth-order valence-electron chi connectivity index (χ4n) is 1.99. The number of rotatable bonds is 5. The van der Waals surface area contributed by atoms with Crippen molar-refractivity contribution in [1.29, 1.82) is 0 Å². The Morgan fingerprint density at radius 3 is 2.83 bits per heavy atom. The van der Waals surface area contributed by atoms with Gasteiger partial charge in [-0.05, 0) is 25.0 Å². The highest BCUT2D eigenvalue weighted by molar-refractivity contribution is 6.29. The number of carbonyl (C=O) groups is 1. The minimum absolute atomic E-state index is 0.259. The highest BCUT2D eigenvalue weighted by Crippen LogP contribution is 2.48. The lowest BCUT2D eigenvalue weighted by Crippen LogP contribution is -2.42. The van der Waals surface area contributed by atoms with Gasteiger partial charge in [-0.1, -0.05) is 24.3 Å². The number of carbonyl (C=O) groups excluding carboxylic acids is 1. The Kier molecular flexibility index (Phi) is 3.78. The number of esters is 1. The molecule has 0 bridgehead atoms. The van der Waals surface area contributed by atoms with Crippen LogP contribution in [-0.2, 0) is 14.3 Å². The van der Waals surface area contributed by atoms with E-state index in [0.29, 0.717) is 17.5 Å². The summed E-state index contributed by atoms with van der Waals surface area (Å²) in [6.45, 7) is 4.57. The fourth-order valence-corrected chi connectivity index (χ4v) is 2.34. The van der Waals surface area contributed by atoms with Gasteiger partial charge in [-0.25, -0.2) is 4.79 Å². The Morgan fingerprint density at radius 2 is 2.28 bits per heavy atom. The molecule has 1 aliphatic carbocycles. The number of ether oxygens (including phenoxy) is 2. The van der Waals surface area contributed by atoms with Gasteiger partial charge in [-0.2, -0.15) is 0 Å². The summed E-state index contributed by atoms with van der Waals surface area (Å²) in [7, 11) is 1.57. The largest absolute Gasteiger partial charge is 0.461 e. The predicted octanol–water partition coefficient (Wildman–Crippen LogP) is 2.17. The normalized spacial score (nSPS) is 20.7. The van der Waals surface area contributed by atoms with Gasteiger partial charge >= 0.3 is 5.97 Å². The maximum absolute atomic E-state index is 12.1. The number of nitrogens with zero attached hydrogens (tertiary/aromatic N) is 1. The van der Waals surface area contributed by atoms with Crippen LogP contribution in [0.4, 0.5) is 0 Å². The van der Waals surface area contributed by atoms with Crippen molar-refractivity contribution in [2.45, 2.75) is 18.4 Å². The van der Waals surface area contributed by atoms with Gasteiger partial charge in [0, 0.05) is 12.8 Å². The maximum atomic E-state index is 12.1. The van der Waals surface area contributed by atoms with Crippen molar-refractivity contribution in [2.24, 2.45) is 0 Å². The average molecular weight is 270 g/mol. The topological polar surface area (TPSA) is 38.8 Å². The second-order valence-electron chi connectivity index (χ2n) is 4.34. The summed E-state index contributed by atoms with van der Waals surface area (Å²) in [5.41, 5.74) is 0.0482. The molecule has 0 amide bonds. The molecule has 0 spiro atoms. The summed E-state index contributed by atoms with van der Waals surface area (Å²) in [5, 5.41) is 0.503. The van der Waals surface area contributed by atoms with Crippen LogP contribution in [0.15, 0.2) is 35.7 Å². The summed E-state index contributed by atoms with van der Waals surface area (Å²) >= 11 is 6.15. The lowest BCUT2D eigenvalue weighted by molar-refractivity contribution is -0.151. The smallest absolute Gasteiger partial charge is 0.332 e. The van der Waals surface area contributed by atoms with Gasteiger partial charge in [0.1, 0.15) is 17.3 Å². The molecule has 1 aliphatic heterocycles. The third-order valence-electron chi connectivity index (χ3n) is 3.08. The standard InChI is InChI=1S/C13H16ClNO3/c1-10-4-3-5-11(14)15(10)13(6-7-13)12(16)18-9-8-17-2/h3-5H,1,6-9H2,2H3. The number of halogens is 1.